The van der Waals surface area contributed by atoms with Gasteiger partial charge < -0.3 is 15.1 Å². The van der Waals surface area contributed by atoms with Gasteiger partial charge in [0, 0.05) is 44.0 Å². The number of amides is 2. The largest absolute Gasteiger partial charge is 0.377 e. The fraction of sp³-hybridized carbons (Fsp3) is 0.478. The molecule has 5 nitrogen and oxygen atoms in total. The lowest BCUT2D eigenvalue weighted by molar-refractivity contribution is -0.138. The van der Waals surface area contributed by atoms with Crippen LogP contribution in [0.2, 0.25) is 0 Å². The second-order valence-electron chi connectivity index (χ2n) is 8.27. The van der Waals surface area contributed by atoms with Crippen molar-refractivity contribution in [2.75, 3.05) is 24.3 Å². The molecule has 0 saturated carbocycles. The quantitative estimate of drug-likeness (QED) is 0.653. The Hall–Kier alpha value is -2.34. The van der Waals surface area contributed by atoms with Crippen LogP contribution in [0.5, 0.6) is 0 Å². The molecule has 29 heavy (non-hydrogen) atoms. The maximum atomic E-state index is 12.9. The van der Waals surface area contributed by atoms with Crippen molar-refractivity contribution in [3.63, 3.8) is 0 Å². The topological polar surface area (TPSA) is 52.7 Å². The zero-order chi connectivity index (χ0) is 21.7. The van der Waals surface area contributed by atoms with Gasteiger partial charge in [-0.25, -0.2) is 0 Å². The highest BCUT2D eigenvalue weighted by Crippen LogP contribution is 2.27. The van der Waals surface area contributed by atoms with Gasteiger partial charge in [0.25, 0.3) is 5.91 Å². The van der Waals surface area contributed by atoms with Gasteiger partial charge in [-0.15, -0.1) is 11.3 Å². The Morgan fingerprint density at radius 2 is 1.76 bits per heavy atom. The van der Waals surface area contributed by atoms with Gasteiger partial charge in [0.05, 0.1) is 4.88 Å². The molecular weight excluding hydrogens is 382 g/mol. The van der Waals surface area contributed by atoms with E-state index in [1.165, 1.54) is 11.3 Å². The normalized spacial score (nSPS) is 12.2. The summed E-state index contributed by atoms with van der Waals surface area (Å²) < 4.78 is 0. The summed E-state index contributed by atoms with van der Waals surface area (Å²) in [5.41, 5.74) is 2.79. The first-order valence-corrected chi connectivity index (χ1v) is 10.9. The molecule has 1 heterocycles. The van der Waals surface area contributed by atoms with E-state index in [1.54, 1.807) is 0 Å². The predicted molar refractivity (Wildman–Crippen MR) is 123 cm³/mol. The molecule has 0 bridgehead atoms. The molecule has 0 aliphatic heterocycles. The minimum atomic E-state index is -0.116. The van der Waals surface area contributed by atoms with Crippen LogP contribution < -0.4 is 10.2 Å². The van der Waals surface area contributed by atoms with Gasteiger partial charge in [-0.2, -0.15) is 0 Å². The fourth-order valence-electron chi connectivity index (χ4n) is 3.12. The van der Waals surface area contributed by atoms with Crippen LogP contribution >= 0.6 is 11.3 Å². The lowest BCUT2D eigenvalue weighted by Crippen LogP contribution is -2.43. The van der Waals surface area contributed by atoms with Crippen LogP contribution in [0, 0.1) is 11.8 Å². The Morgan fingerprint density at radius 3 is 2.28 bits per heavy atom. The third-order valence-electron chi connectivity index (χ3n) is 5.14. The molecule has 0 radical (unpaired) electrons. The molecule has 0 aliphatic rings. The molecule has 0 saturated heterocycles. The molecule has 0 spiro atoms. The number of nitrogens with one attached hydrogen (secondary N) is 1. The van der Waals surface area contributed by atoms with E-state index in [4.69, 9.17) is 0 Å². The molecule has 1 N–H and O–H groups in total. The first kappa shape index (κ1) is 22.9. The number of carbonyl (C=O) groups excluding carboxylic acids is 2. The van der Waals surface area contributed by atoms with Crippen LogP contribution in [0.4, 0.5) is 11.4 Å². The third-order valence-corrected chi connectivity index (χ3v) is 6.01. The average molecular weight is 416 g/mol. The minimum absolute atomic E-state index is 0.0688. The van der Waals surface area contributed by atoms with Gasteiger partial charge in [0.2, 0.25) is 5.91 Å². The van der Waals surface area contributed by atoms with Crippen molar-refractivity contribution in [2.45, 2.75) is 47.2 Å². The highest BCUT2D eigenvalue weighted by atomic mass is 32.1. The summed E-state index contributed by atoms with van der Waals surface area (Å²) in [7, 11) is 3.98. The van der Waals surface area contributed by atoms with Gasteiger partial charge >= 0.3 is 0 Å². The van der Waals surface area contributed by atoms with E-state index in [1.807, 2.05) is 73.5 Å². The Morgan fingerprint density at radius 1 is 1.07 bits per heavy atom. The molecule has 1 aromatic carbocycles. The first-order valence-electron chi connectivity index (χ1n) is 10.1. The second-order valence-corrected chi connectivity index (χ2v) is 9.22. The zero-order valence-corrected chi connectivity index (χ0v) is 19.3. The van der Waals surface area contributed by atoms with Crippen molar-refractivity contribution in [1.82, 2.24) is 4.90 Å². The van der Waals surface area contributed by atoms with Crippen molar-refractivity contribution in [2.24, 2.45) is 11.8 Å². The maximum absolute atomic E-state index is 12.9. The van der Waals surface area contributed by atoms with E-state index in [-0.39, 0.29) is 23.8 Å². The summed E-state index contributed by atoms with van der Waals surface area (Å²) in [5, 5.41) is 4.86. The SMILES string of the molecule is CC(C)C(=O)N(Cc1cc(NC(=O)c2cccs2)ccc1N(C)C)[C@@H](C)C(C)C. The molecule has 0 aliphatic carbocycles. The second kappa shape index (κ2) is 9.92. The fourth-order valence-corrected chi connectivity index (χ4v) is 3.74. The van der Waals surface area contributed by atoms with E-state index in [0.717, 1.165) is 16.9 Å². The molecule has 1 aromatic heterocycles. The average Bonchev–Trinajstić information content (AvgIpc) is 3.19. The number of carbonyl (C=O) groups is 2. The van der Waals surface area contributed by atoms with Gasteiger partial charge in [-0.3, -0.25) is 9.59 Å². The van der Waals surface area contributed by atoms with Crippen LogP contribution in [0.1, 0.15) is 49.9 Å². The summed E-state index contributed by atoms with van der Waals surface area (Å²) >= 11 is 1.41. The monoisotopic (exact) mass is 415 g/mol. The molecule has 2 amide bonds. The Bertz CT molecular complexity index is 829. The van der Waals surface area contributed by atoms with Crippen molar-refractivity contribution in [3.05, 3.63) is 46.2 Å². The number of rotatable bonds is 8. The van der Waals surface area contributed by atoms with Crippen LogP contribution in [0.15, 0.2) is 35.7 Å². The van der Waals surface area contributed by atoms with Gasteiger partial charge in [0.1, 0.15) is 0 Å². The predicted octanol–water partition coefficient (Wildman–Crippen LogP) is 5.10. The van der Waals surface area contributed by atoms with Crippen LogP contribution in [-0.2, 0) is 11.3 Å². The summed E-state index contributed by atoms with van der Waals surface area (Å²) in [6.07, 6.45) is 0. The first-order chi connectivity index (χ1) is 13.6. The summed E-state index contributed by atoms with van der Waals surface area (Å²) in [4.78, 5) is 30.1. The molecular formula is C23H33N3O2S. The van der Waals surface area contributed by atoms with E-state index in [9.17, 15) is 9.59 Å². The minimum Gasteiger partial charge on any atom is -0.377 e. The maximum Gasteiger partial charge on any atom is 0.265 e. The lowest BCUT2D eigenvalue weighted by Gasteiger charge is -2.34. The van der Waals surface area contributed by atoms with Crippen LogP contribution in [0.25, 0.3) is 0 Å². The molecule has 2 rings (SSSR count). The summed E-state index contributed by atoms with van der Waals surface area (Å²) in [6.45, 7) is 10.8. The molecule has 0 fully saturated rings. The van der Waals surface area contributed by atoms with Gasteiger partial charge in [-0.05, 0) is 48.1 Å². The standard InChI is InChI=1S/C23H33N3O2S/c1-15(2)17(5)26(23(28)16(3)4)14-18-13-19(10-11-20(18)25(6)7)24-22(27)21-9-8-12-29-21/h8-13,15-17H,14H2,1-7H3,(H,24,27)/t17-/m0/s1. The smallest absolute Gasteiger partial charge is 0.265 e. The van der Waals surface area contributed by atoms with E-state index in [0.29, 0.717) is 17.3 Å². The number of hydrogen-bond donors (Lipinski definition) is 1. The lowest BCUT2D eigenvalue weighted by atomic mass is 10.0. The van der Waals surface area contributed by atoms with Gasteiger partial charge in [-0.1, -0.05) is 33.8 Å². The van der Waals surface area contributed by atoms with Crippen LogP contribution in [-0.4, -0.2) is 36.9 Å². The third kappa shape index (κ3) is 5.82. The molecule has 1 atom stereocenters. The number of anilines is 2. The number of thiophene rings is 1. The summed E-state index contributed by atoms with van der Waals surface area (Å²) in [6, 6.07) is 9.67. The highest BCUT2D eigenvalue weighted by Gasteiger charge is 2.26. The van der Waals surface area contributed by atoms with Crippen molar-refractivity contribution in [3.8, 4) is 0 Å². The van der Waals surface area contributed by atoms with Gasteiger partial charge in [0.15, 0.2) is 0 Å². The highest BCUT2D eigenvalue weighted by molar-refractivity contribution is 7.12. The number of benzene rings is 1. The summed E-state index contributed by atoms with van der Waals surface area (Å²) in [5.74, 6) is 0.307. The number of nitrogens with zero attached hydrogens (tertiary/aromatic N) is 2. The van der Waals surface area contributed by atoms with E-state index in [2.05, 4.69) is 26.1 Å². The van der Waals surface area contributed by atoms with Crippen molar-refractivity contribution < 1.29 is 9.59 Å². The Balaban J connectivity index is 2.36. The molecule has 6 heteroatoms. The Kier molecular flexibility index (Phi) is 7.85. The van der Waals surface area contributed by atoms with Crippen molar-refractivity contribution >= 4 is 34.5 Å². The number of hydrogen-bond acceptors (Lipinski definition) is 4. The molecule has 158 valence electrons. The Labute approximate surface area is 178 Å². The molecule has 0 unspecified atom stereocenters. The zero-order valence-electron chi connectivity index (χ0n) is 18.5. The van der Waals surface area contributed by atoms with E-state index >= 15 is 0 Å². The van der Waals surface area contributed by atoms with Crippen molar-refractivity contribution in [1.29, 1.82) is 0 Å². The van der Waals surface area contributed by atoms with Crippen LogP contribution in [0.3, 0.4) is 0 Å². The van der Waals surface area contributed by atoms with E-state index < -0.39 is 0 Å². The molecule has 2 aromatic rings.